The molecule has 0 radical (unpaired) electrons. The van der Waals surface area contributed by atoms with Gasteiger partial charge in [0.25, 0.3) is 5.91 Å². The molecule has 1 atom stereocenters. The second-order valence-corrected chi connectivity index (χ2v) is 6.34. The topological polar surface area (TPSA) is 24.8 Å². The molecule has 1 heterocycles. The Balaban J connectivity index is 1.60. The normalized spacial score (nSPS) is 14.4. The molecule has 0 fully saturated rings. The third kappa shape index (κ3) is 2.45. The van der Waals surface area contributed by atoms with E-state index in [1.807, 2.05) is 54.4 Å². The summed E-state index contributed by atoms with van der Waals surface area (Å²) in [6, 6.07) is 18.5. The summed E-state index contributed by atoms with van der Waals surface area (Å²) in [4.78, 5) is 15.7. The lowest BCUT2D eigenvalue weighted by Gasteiger charge is -2.22. The van der Waals surface area contributed by atoms with Gasteiger partial charge >= 0.3 is 0 Å². The number of halogens is 1. The molecule has 0 aromatic heterocycles. The molecule has 1 aliphatic rings. The van der Waals surface area contributed by atoms with Gasteiger partial charge in [-0.05, 0) is 29.7 Å². The number of benzene rings is 3. The van der Waals surface area contributed by atoms with Gasteiger partial charge in [0.2, 0.25) is 0 Å². The third-order valence-corrected chi connectivity index (χ3v) is 4.47. The third-order valence-electron chi connectivity index (χ3n) is 4.47. The molecule has 3 aromatic rings. The number of anilines is 1. The molecule has 0 bridgehead atoms. The number of amides is 1. The summed E-state index contributed by atoms with van der Waals surface area (Å²) in [6.07, 6.45) is 0. The summed E-state index contributed by atoms with van der Waals surface area (Å²) in [7, 11) is 2.02. The molecule has 4 heteroatoms. The van der Waals surface area contributed by atoms with Gasteiger partial charge in [-0.1, -0.05) is 36.4 Å². The molecule has 1 amide bonds. The van der Waals surface area contributed by atoms with E-state index >= 15 is 0 Å². The number of carbonyl (C=O) groups is 1. The summed E-state index contributed by atoms with van der Waals surface area (Å²) in [5, 5.41) is 2.12. The number of quaternary nitrogens is 1. The van der Waals surface area contributed by atoms with Crippen molar-refractivity contribution >= 4 is 22.4 Å². The Labute approximate surface area is 139 Å². The van der Waals surface area contributed by atoms with Crippen molar-refractivity contribution in [3.05, 3.63) is 77.6 Å². The quantitative estimate of drug-likeness (QED) is 0.785. The van der Waals surface area contributed by atoms with Crippen molar-refractivity contribution in [3.63, 3.8) is 0 Å². The summed E-state index contributed by atoms with van der Waals surface area (Å²) in [5.74, 6) is -0.185. The van der Waals surface area contributed by atoms with Crippen LogP contribution < -0.4 is 9.80 Å². The zero-order valence-electron chi connectivity index (χ0n) is 13.4. The van der Waals surface area contributed by atoms with Crippen molar-refractivity contribution in [3.8, 4) is 0 Å². The zero-order chi connectivity index (χ0) is 16.7. The SMILES string of the molecule is C[NH+](Cc1cccc(F)c1)CN1C(=O)c2cccc3cccc1c23. The van der Waals surface area contributed by atoms with Gasteiger partial charge in [-0.15, -0.1) is 0 Å². The van der Waals surface area contributed by atoms with Gasteiger partial charge in [0.05, 0.1) is 18.3 Å². The van der Waals surface area contributed by atoms with Crippen molar-refractivity contribution < 1.29 is 14.1 Å². The molecular weight excluding hydrogens is 303 g/mol. The molecule has 0 spiro atoms. The first kappa shape index (κ1) is 14.8. The minimum atomic E-state index is -0.227. The van der Waals surface area contributed by atoms with Crippen LogP contribution >= 0.6 is 0 Å². The van der Waals surface area contributed by atoms with Gasteiger partial charge < -0.3 is 4.90 Å². The summed E-state index contributed by atoms with van der Waals surface area (Å²) in [6.45, 7) is 1.21. The highest BCUT2D eigenvalue weighted by atomic mass is 19.1. The van der Waals surface area contributed by atoms with Gasteiger partial charge in [0, 0.05) is 10.9 Å². The maximum absolute atomic E-state index is 13.3. The van der Waals surface area contributed by atoms with Crippen molar-refractivity contribution in [2.24, 2.45) is 0 Å². The smallest absolute Gasteiger partial charge is 0.263 e. The van der Waals surface area contributed by atoms with E-state index in [0.29, 0.717) is 13.2 Å². The van der Waals surface area contributed by atoms with Crippen molar-refractivity contribution in [1.82, 2.24) is 0 Å². The molecule has 1 unspecified atom stereocenters. The van der Waals surface area contributed by atoms with E-state index in [0.717, 1.165) is 32.5 Å². The van der Waals surface area contributed by atoms with Crippen molar-refractivity contribution in [2.45, 2.75) is 6.54 Å². The molecular formula is C20H18FN2O+. The Hall–Kier alpha value is -2.72. The zero-order valence-corrected chi connectivity index (χ0v) is 13.4. The standard InChI is InChI=1S/C20H17FN2O/c1-22(12-14-5-2-8-16(21)11-14)13-23-18-10-4-7-15-6-3-9-17(19(15)18)20(23)24/h2-11H,12-13H2,1H3/p+1. The first-order valence-corrected chi connectivity index (χ1v) is 8.03. The monoisotopic (exact) mass is 321 g/mol. The first-order chi connectivity index (χ1) is 11.6. The molecule has 0 saturated carbocycles. The van der Waals surface area contributed by atoms with Crippen LogP contribution in [0.3, 0.4) is 0 Å². The summed E-state index contributed by atoms with van der Waals surface area (Å²) >= 11 is 0. The van der Waals surface area contributed by atoms with E-state index in [9.17, 15) is 9.18 Å². The Morgan fingerprint density at radius 3 is 2.58 bits per heavy atom. The maximum Gasteiger partial charge on any atom is 0.263 e. The van der Waals surface area contributed by atoms with E-state index in [2.05, 4.69) is 0 Å². The van der Waals surface area contributed by atoms with Crippen molar-refractivity contribution in [2.75, 3.05) is 18.6 Å². The maximum atomic E-state index is 13.3. The van der Waals surface area contributed by atoms with Gasteiger partial charge in [-0.3, -0.25) is 9.69 Å². The molecule has 24 heavy (non-hydrogen) atoms. The van der Waals surface area contributed by atoms with E-state index in [1.54, 1.807) is 12.1 Å². The van der Waals surface area contributed by atoms with Crippen LogP contribution in [0.1, 0.15) is 15.9 Å². The number of carbonyl (C=O) groups excluding carboxylic acids is 1. The second kappa shape index (κ2) is 5.73. The van der Waals surface area contributed by atoms with Crippen LogP contribution in [0.25, 0.3) is 10.8 Å². The number of hydrogen-bond acceptors (Lipinski definition) is 1. The molecule has 0 saturated heterocycles. The summed E-state index contributed by atoms with van der Waals surface area (Å²) in [5.41, 5.74) is 2.66. The predicted octanol–water partition coefficient (Wildman–Crippen LogP) is 2.61. The van der Waals surface area contributed by atoms with Gasteiger partial charge in [0.15, 0.2) is 6.67 Å². The van der Waals surface area contributed by atoms with Crippen LogP contribution in [0.4, 0.5) is 10.1 Å². The highest BCUT2D eigenvalue weighted by molar-refractivity contribution is 6.24. The fourth-order valence-electron chi connectivity index (χ4n) is 3.46. The molecule has 0 aliphatic carbocycles. The molecule has 4 rings (SSSR count). The van der Waals surface area contributed by atoms with E-state index in [-0.39, 0.29) is 11.7 Å². The number of nitrogens with one attached hydrogen (secondary N) is 1. The number of hydrogen-bond donors (Lipinski definition) is 1. The molecule has 3 aromatic carbocycles. The lowest BCUT2D eigenvalue weighted by molar-refractivity contribution is -0.892. The lowest BCUT2D eigenvalue weighted by Crippen LogP contribution is -3.09. The highest BCUT2D eigenvalue weighted by Crippen LogP contribution is 2.36. The van der Waals surface area contributed by atoms with Crippen LogP contribution in [-0.4, -0.2) is 19.6 Å². The van der Waals surface area contributed by atoms with Crippen LogP contribution in [0, 0.1) is 5.82 Å². The number of rotatable bonds is 4. The minimum Gasteiger partial charge on any atom is -0.316 e. The first-order valence-electron chi connectivity index (χ1n) is 8.03. The summed E-state index contributed by atoms with van der Waals surface area (Å²) < 4.78 is 13.3. The minimum absolute atomic E-state index is 0.0420. The van der Waals surface area contributed by atoms with Gasteiger partial charge in [0.1, 0.15) is 12.4 Å². The Bertz CT molecular complexity index is 933. The lowest BCUT2D eigenvalue weighted by atomic mass is 10.1. The van der Waals surface area contributed by atoms with Crippen molar-refractivity contribution in [1.29, 1.82) is 0 Å². The second-order valence-electron chi connectivity index (χ2n) is 6.34. The largest absolute Gasteiger partial charge is 0.316 e. The van der Waals surface area contributed by atoms with Crippen LogP contribution in [-0.2, 0) is 6.54 Å². The predicted molar refractivity (Wildman–Crippen MR) is 92.6 cm³/mol. The van der Waals surface area contributed by atoms with E-state index < -0.39 is 0 Å². The molecule has 3 nitrogen and oxygen atoms in total. The Morgan fingerprint density at radius 2 is 1.79 bits per heavy atom. The van der Waals surface area contributed by atoms with E-state index in [1.165, 1.54) is 6.07 Å². The van der Waals surface area contributed by atoms with E-state index in [4.69, 9.17) is 0 Å². The fraction of sp³-hybridized carbons (Fsp3) is 0.150. The fourth-order valence-corrected chi connectivity index (χ4v) is 3.46. The average molecular weight is 321 g/mol. The van der Waals surface area contributed by atoms with Crippen LogP contribution in [0.2, 0.25) is 0 Å². The molecule has 1 aliphatic heterocycles. The highest BCUT2D eigenvalue weighted by Gasteiger charge is 2.31. The van der Waals surface area contributed by atoms with Crippen LogP contribution in [0.5, 0.6) is 0 Å². The molecule has 120 valence electrons. The average Bonchev–Trinajstić information content (AvgIpc) is 2.83. The van der Waals surface area contributed by atoms with Crippen LogP contribution in [0.15, 0.2) is 60.7 Å². The Kier molecular flexibility index (Phi) is 3.54. The Morgan fingerprint density at radius 1 is 1.04 bits per heavy atom. The number of nitrogens with zero attached hydrogens (tertiary/aromatic N) is 1. The molecule has 1 N–H and O–H groups in total. The van der Waals surface area contributed by atoms with Gasteiger partial charge in [-0.25, -0.2) is 4.39 Å². The van der Waals surface area contributed by atoms with Gasteiger partial charge in [-0.2, -0.15) is 0 Å².